The Labute approximate surface area is 126 Å². The summed E-state index contributed by atoms with van der Waals surface area (Å²) in [6, 6.07) is 4.32. The second-order valence-electron chi connectivity index (χ2n) is 5.44. The molecule has 0 radical (unpaired) electrons. The third-order valence-electron chi connectivity index (χ3n) is 3.86. The normalized spacial score (nSPS) is 18.6. The van der Waals surface area contributed by atoms with E-state index < -0.39 is 0 Å². The van der Waals surface area contributed by atoms with Crippen LogP contribution in [0.15, 0.2) is 24.4 Å². The van der Waals surface area contributed by atoms with Gasteiger partial charge in [-0.1, -0.05) is 18.6 Å². The van der Waals surface area contributed by atoms with Crippen LogP contribution in [0.1, 0.15) is 24.1 Å². The lowest BCUT2D eigenvalue weighted by molar-refractivity contribution is -0.0184. The van der Waals surface area contributed by atoms with Crippen molar-refractivity contribution in [1.82, 2.24) is 20.5 Å². The number of hydrogen-bond acceptors (Lipinski definition) is 5. The van der Waals surface area contributed by atoms with E-state index in [0.717, 1.165) is 50.5 Å². The molecule has 0 bridgehead atoms. The lowest BCUT2D eigenvalue weighted by Crippen LogP contribution is -2.45. The monoisotopic (exact) mass is 283 g/mol. The van der Waals surface area contributed by atoms with Crippen molar-refractivity contribution in [2.75, 3.05) is 25.0 Å². The first-order valence-electron chi connectivity index (χ1n) is 7.43. The number of allylic oxidation sites excluding steroid dienone is 1. The number of rotatable bonds is 4. The molecule has 0 unspecified atom stereocenters. The molecule has 3 heterocycles. The van der Waals surface area contributed by atoms with Crippen molar-refractivity contribution in [2.45, 2.75) is 25.8 Å². The first-order valence-corrected chi connectivity index (χ1v) is 7.43. The molecule has 110 valence electrons. The molecule has 3 rings (SSSR count). The van der Waals surface area contributed by atoms with Gasteiger partial charge in [-0.15, -0.1) is 6.42 Å². The zero-order valence-corrected chi connectivity index (χ0v) is 12.2. The fraction of sp³-hybridized carbons (Fsp3) is 0.438. The molecule has 2 aliphatic rings. The quantitative estimate of drug-likeness (QED) is 0.820. The van der Waals surface area contributed by atoms with Crippen LogP contribution >= 0.6 is 0 Å². The predicted octanol–water partition coefficient (Wildman–Crippen LogP) is 1.51. The van der Waals surface area contributed by atoms with Gasteiger partial charge < -0.3 is 5.32 Å². The van der Waals surface area contributed by atoms with Gasteiger partial charge >= 0.3 is 0 Å². The third-order valence-corrected chi connectivity index (χ3v) is 3.86. The lowest BCUT2D eigenvalue weighted by Gasteiger charge is -2.28. The van der Waals surface area contributed by atoms with Crippen LogP contribution in [0, 0.1) is 12.3 Å². The minimum absolute atomic E-state index is 0.585. The number of terminal acetylenes is 1. The minimum Gasteiger partial charge on any atom is -0.370 e. The summed E-state index contributed by atoms with van der Waals surface area (Å²) in [6.45, 7) is 7.52. The summed E-state index contributed by atoms with van der Waals surface area (Å²) in [5, 5.41) is 7.64. The number of nitrogens with zero attached hydrogens (tertiary/aromatic N) is 3. The van der Waals surface area contributed by atoms with Crippen molar-refractivity contribution in [3.63, 3.8) is 0 Å². The number of pyridine rings is 1. The molecule has 21 heavy (non-hydrogen) atoms. The number of nitrogens with one attached hydrogen (secondary N) is 2. The SMILES string of the molecule is C#CC(=C)NN1CCCN1Cc1ccc2c(n1)NCCC2. The maximum Gasteiger partial charge on any atom is 0.129 e. The molecule has 1 aromatic rings. The average molecular weight is 283 g/mol. The van der Waals surface area contributed by atoms with Crippen LogP contribution in [0.2, 0.25) is 0 Å². The van der Waals surface area contributed by atoms with Crippen molar-refractivity contribution >= 4 is 5.82 Å². The number of anilines is 1. The maximum absolute atomic E-state index is 5.35. The Bertz CT molecular complexity index is 575. The van der Waals surface area contributed by atoms with Crippen LogP contribution < -0.4 is 10.7 Å². The zero-order chi connectivity index (χ0) is 14.7. The smallest absolute Gasteiger partial charge is 0.129 e. The summed E-state index contributed by atoms with van der Waals surface area (Å²) in [4.78, 5) is 4.74. The number of hydrogen-bond donors (Lipinski definition) is 2. The van der Waals surface area contributed by atoms with Gasteiger partial charge in [0.1, 0.15) is 5.82 Å². The number of fused-ring (bicyclic) bond motifs is 1. The molecule has 0 atom stereocenters. The first-order chi connectivity index (χ1) is 10.3. The van der Waals surface area contributed by atoms with E-state index in [-0.39, 0.29) is 0 Å². The van der Waals surface area contributed by atoms with Gasteiger partial charge in [0.2, 0.25) is 0 Å². The van der Waals surface area contributed by atoms with Gasteiger partial charge in [0.15, 0.2) is 0 Å². The zero-order valence-electron chi connectivity index (χ0n) is 12.2. The van der Waals surface area contributed by atoms with Gasteiger partial charge in [0.05, 0.1) is 17.9 Å². The van der Waals surface area contributed by atoms with Crippen molar-refractivity contribution < 1.29 is 0 Å². The van der Waals surface area contributed by atoms with E-state index in [2.05, 4.69) is 40.4 Å². The second-order valence-corrected chi connectivity index (χ2v) is 5.44. The van der Waals surface area contributed by atoms with Gasteiger partial charge in [-0.05, 0) is 30.9 Å². The van der Waals surface area contributed by atoms with Gasteiger partial charge in [-0.3, -0.25) is 5.43 Å². The number of aromatic nitrogens is 1. The molecule has 0 aliphatic carbocycles. The minimum atomic E-state index is 0.585. The Kier molecular flexibility index (Phi) is 4.09. The fourth-order valence-electron chi connectivity index (χ4n) is 2.79. The van der Waals surface area contributed by atoms with Crippen molar-refractivity contribution in [1.29, 1.82) is 0 Å². The standard InChI is InChI=1S/C16H21N5/c1-3-13(2)19-21-11-5-10-20(21)12-15-8-7-14-6-4-9-17-16(14)18-15/h1,7-8,19H,2,4-6,9-12H2,(H,17,18). The highest BCUT2D eigenvalue weighted by Crippen LogP contribution is 2.21. The lowest BCUT2D eigenvalue weighted by atomic mass is 10.1. The van der Waals surface area contributed by atoms with E-state index in [1.807, 2.05) is 5.12 Å². The van der Waals surface area contributed by atoms with E-state index in [0.29, 0.717) is 5.70 Å². The highest BCUT2D eigenvalue weighted by molar-refractivity contribution is 5.46. The highest BCUT2D eigenvalue weighted by atomic mass is 15.8. The Balaban J connectivity index is 1.68. The Morgan fingerprint density at radius 1 is 1.43 bits per heavy atom. The summed E-state index contributed by atoms with van der Waals surface area (Å²) in [7, 11) is 0. The van der Waals surface area contributed by atoms with Crippen LogP contribution in [0.4, 0.5) is 5.82 Å². The maximum atomic E-state index is 5.35. The molecule has 5 heteroatoms. The molecule has 1 aromatic heterocycles. The topological polar surface area (TPSA) is 43.4 Å². The molecule has 0 spiro atoms. The van der Waals surface area contributed by atoms with Crippen LogP contribution in [0.25, 0.3) is 0 Å². The summed E-state index contributed by atoms with van der Waals surface area (Å²) >= 11 is 0. The first kappa shape index (κ1) is 13.9. The second kappa shape index (κ2) is 6.17. The predicted molar refractivity (Wildman–Crippen MR) is 83.9 cm³/mol. The van der Waals surface area contributed by atoms with Gasteiger partial charge in [0, 0.05) is 19.6 Å². The van der Waals surface area contributed by atoms with Crippen molar-refractivity contribution in [3.8, 4) is 12.3 Å². The Hall–Kier alpha value is -2.03. The summed E-state index contributed by atoms with van der Waals surface area (Å²) in [6.07, 6.45) is 8.76. The molecule has 2 aliphatic heterocycles. The van der Waals surface area contributed by atoms with Gasteiger partial charge in [-0.2, -0.15) is 5.12 Å². The Morgan fingerprint density at radius 2 is 2.33 bits per heavy atom. The number of hydrazine groups is 2. The van der Waals surface area contributed by atoms with Crippen LogP contribution in [-0.2, 0) is 13.0 Å². The van der Waals surface area contributed by atoms with E-state index in [1.165, 1.54) is 12.0 Å². The van der Waals surface area contributed by atoms with Crippen LogP contribution in [-0.4, -0.2) is 34.7 Å². The summed E-state index contributed by atoms with van der Waals surface area (Å²) < 4.78 is 0. The number of aryl methyl sites for hydroxylation is 1. The van der Waals surface area contributed by atoms with Crippen molar-refractivity contribution in [2.24, 2.45) is 0 Å². The fourth-order valence-corrected chi connectivity index (χ4v) is 2.79. The highest BCUT2D eigenvalue weighted by Gasteiger charge is 2.23. The van der Waals surface area contributed by atoms with Crippen LogP contribution in [0.3, 0.4) is 0 Å². The third kappa shape index (κ3) is 3.18. The molecule has 2 N–H and O–H groups in total. The van der Waals surface area contributed by atoms with Crippen LogP contribution in [0.5, 0.6) is 0 Å². The molecule has 1 saturated heterocycles. The van der Waals surface area contributed by atoms with Gasteiger partial charge in [-0.25, -0.2) is 9.99 Å². The molecule has 1 fully saturated rings. The average Bonchev–Trinajstić information content (AvgIpc) is 2.94. The largest absolute Gasteiger partial charge is 0.370 e. The molecule has 0 amide bonds. The van der Waals surface area contributed by atoms with E-state index in [1.54, 1.807) is 0 Å². The van der Waals surface area contributed by atoms with E-state index in [4.69, 9.17) is 11.4 Å². The molecular formula is C16H21N5. The Morgan fingerprint density at radius 3 is 3.19 bits per heavy atom. The molecule has 0 aromatic carbocycles. The van der Waals surface area contributed by atoms with Gasteiger partial charge in [0.25, 0.3) is 0 Å². The molecular weight excluding hydrogens is 262 g/mol. The van der Waals surface area contributed by atoms with Crippen molar-refractivity contribution in [3.05, 3.63) is 35.7 Å². The molecule has 5 nitrogen and oxygen atoms in total. The summed E-state index contributed by atoms with van der Waals surface area (Å²) in [5.74, 6) is 3.56. The van der Waals surface area contributed by atoms with E-state index in [9.17, 15) is 0 Å². The molecule has 0 saturated carbocycles. The van der Waals surface area contributed by atoms with E-state index >= 15 is 0 Å². The summed E-state index contributed by atoms with van der Waals surface area (Å²) in [5.41, 5.74) is 6.13.